The van der Waals surface area contributed by atoms with Crippen LogP contribution in [0.5, 0.6) is 5.88 Å². The van der Waals surface area contributed by atoms with Crippen molar-refractivity contribution in [1.29, 1.82) is 0 Å². The highest BCUT2D eigenvalue weighted by Crippen LogP contribution is 2.19. The van der Waals surface area contributed by atoms with Crippen molar-refractivity contribution in [2.75, 3.05) is 0 Å². The molecule has 4 nitrogen and oxygen atoms in total. The molecule has 0 aliphatic rings. The van der Waals surface area contributed by atoms with E-state index in [4.69, 9.17) is 0 Å². The molecule has 2 aromatic heterocycles. The molecule has 5 heteroatoms. The van der Waals surface area contributed by atoms with Gasteiger partial charge >= 0.3 is 0 Å². The first-order chi connectivity index (χ1) is 6.66. The first-order valence-electron chi connectivity index (χ1n) is 4.01. The number of aromatic nitrogens is 3. The first-order valence-corrected chi connectivity index (χ1v) is 4.80. The molecule has 0 unspecified atom stereocenters. The van der Waals surface area contributed by atoms with E-state index in [-0.39, 0.29) is 5.88 Å². The fraction of sp³-hybridized carbons (Fsp3) is 0.111. The van der Waals surface area contributed by atoms with Gasteiger partial charge in [-0.25, -0.2) is 0 Å². The number of aryl methyl sites for hydroxylation is 1. The Morgan fingerprint density at radius 2 is 2.21 bits per heavy atom. The monoisotopic (exact) mass is 253 g/mol. The van der Waals surface area contributed by atoms with Crippen molar-refractivity contribution in [3.8, 4) is 17.4 Å². The van der Waals surface area contributed by atoms with Gasteiger partial charge in [0, 0.05) is 17.7 Å². The van der Waals surface area contributed by atoms with Crippen LogP contribution in [0.2, 0.25) is 0 Å². The summed E-state index contributed by atoms with van der Waals surface area (Å²) in [6, 6.07) is 3.72. The second-order valence-corrected chi connectivity index (χ2v) is 3.81. The minimum atomic E-state index is 0.00668. The van der Waals surface area contributed by atoms with Crippen molar-refractivity contribution in [2.45, 2.75) is 0 Å². The van der Waals surface area contributed by atoms with Crippen molar-refractivity contribution in [2.24, 2.45) is 7.05 Å². The van der Waals surface area contributed by atoms with Gasteiger partial charge in [0.25, 0.3) is 0 Å². The topological polar surface area (TPSA) is 50.9 Å². The Kier molecular flexibility index (Phi) is 2.25. The highest BCUT2D eigenvalue weighted by molar-refractivity contribution is 9.10. The molecule has 0 spiro atoms. The quantitative estimate of drug-likeness (QED) is 0.846. The third-order valence-corrected chi connectivity index (χ3v) is 2.29. The van der Waals surface area contributed by atoms with E-state index in [2.05, 4.69) is 25.9 Å². The molecule has 0 aromatic carbocycles. The number of pyridine rings is 1. The summed E-state index contributed by atoms with van der Waals surface area (Å²) in [4.78, 5) is 8.13. The Morgan fingerprint density at radius 3 is 2.71 bits per heavy atom. The molecule has 0 aliphatic carbocycles. The van der Waals surface area contributed by atoms with Gasteiger partial charge in [0.05, 0.1) is 6.20 Å². The minimum absolute atomic E-state index is 0.00668. The van der Waals surface area contributed by atoms with E-state index in [1.807, 2.05) is 19.2 Å². The maximum absolute atomic E-state index is 9.18. The van der Waals surface area contributed by atoms with Crippen LogP contribution in [0.3, 0.4) is 0 Å². The maximum atomic E-state index is 9.18. The maximum Gasteiger partial charge on any atom is 0.229 e. The molecule has 72 valence electrons. The molecule has 0 fully saturated rings. The summed E-state index contributed by atoms with van der Waals surface area (Å²) in [7, 11) is 1.81. The van der Waals surface area contributed by atoms with Crippen LogP contribution in [0.4, 0.5) is 0 Å². The minimum Gasteiger partial charge on any atom is -0.492 e. The molecule has 0 bridgehead atoms. The lowest BCUT2D eigenvalue weighted by Gasteiger charge is -1.99. The summed E-state index contributed by atoms with van der Waals surface area (Å²) in [5.41, 5.74) is 0.732. The van der Waals surface area contributed by atoms with E-state index in [1.165, 1.54) is 0 Å². The van der Waals surface area contributed by atoms with Crippen LogP contribution in [0, 0.1) is 0 Å². The predicted molar refractivity (Wildman–Crippen MR) is 55.8 cm³/mol. The van der Waals surface area contributed by atoms with Gasteiger partial charge in [-0.05, 0) is 28.1 Å². The van der Waals surface area contributed by atoms with Crippen LogP contribution in [-0.2, 0) is 7.05 Å². The number of rotatable bonds is 1. The van der Waals surface area contributed by atoms with Crippen molar-refractivity contribution in [3.05, 3.63) is 29.0 Å². The Bertz CT molecular complexity index is 450. The lowest BCUT2D eigenvalue weighted by molar-refractivity contribution is 0.456. The van der Waals surface area contributed by atoms with Crippen LogP contribution in [-0.4, -0.2) is 19.6 Å². The van der Waals surface area contributed by atoms with Gasteiger partial charge in [-0.15, -0.1) is 0 Å². The Labute approximate surface area is 89.4 Å². The molecule has 1 N–H and O–H groups in total. The lowest BCUT2D eigenvalue weighted by Crippen LogP contribution is -1.92. The lowest BCUT2D eigenvalue weighted by atomic mass is 10.3. The smallest absolute Gasteiger partial charge is 0.229 e. The van der Waals surface area contributed by atoms with Crippen LogP contribution >= 0.6 is 15.9 Å². The van der Waals surface area contributed by atoms with E-state index >= 15 is 0 Å². The summed E-state index contributed by atoms with van der Waals surface area (Å²) in [6.07, 6.45) is 3.24. The summed E-state index contributed by atoms with van der Waals surface area (Å²) >= 11 is 3.30. The highest BCUT2D eigenvalue weighted by Gasteiger charge is 2.07. The summed E-state index contributed by atoms with van der Waals surface area (Å²) in [5.74, 6) is 0.655. The number of hydrogen-bond donors (Lipinski definition) is 1. The zero-order valence-electron chi connectivity index (χ0n) is 7.48. The van der Waals surface area contributed by atoms with E-state index in [1.54, 1.807) is 17.0 Å². The third-order valence-electron chi connectivity index (χ3n) is 1.82. The van der Waals surface area contributed by atoms with Crippen LogP contribution in [0.25, 0.3) is 11.5 Å². The summed E-state index contributed by atoms with van der Waals surface area (Å²) in [5, 5.41) is 9.18. The second kappa shape index (κ2) is 3.42. The van der Waals surface area contributed by atoms with Gasteiger partial charge in [0.15, 0.2) is 5.82 Å². The summed E-state index contributed by atoms with van der Waals surface area (Å²) in [6.45, 7) is 0. The standard InChI is InChI=1S/C9H8BrN3O/c1-13-5-8(14)12-9(13)7-3-2-6(10)4-11-7/h2-5,14H,1H3. The molecule has 0 radical (unpaired) electrons. The van der Waals surface area contributed by atoms with Gasteiger partial charge in [0.1, 0.15) is 5.69 Å². The van der Waals surface area contributed by atoms with Gasteiger partial charge in [-0.2, -0.15) is 4.98 Å². The van der Waals surface area contributed by atoms with E-state index in [9.17, 15) is 5.11 Å². The van der Waals surface area contributed by atoms with Gasteiger partial charge < -0.3 is 9.67 Å². The SMILES string of the molecule is Cn1cc(O)nc1-c1ccc(Br)cn1. The molecule has 2 heterocycles. The molecule has 2 rings (SSSR count). The fourth-order valence-electron chi connectivity index (χ4n) is 1.20. The number of nitrogens with zero attached hydrogens (tertiary/aromatic N) is 3. The van der Waals surface area contributed by atoms with Gasteiger partial charge in [-0.3, -0.25) is 4.98 Å². The van der Waals surface area contributed by atoms with Gasteiger partial charge in [0.2, 0.25) is 5.88 Å². The normalized spacial score (nSPS) is 10.4. The average Bonchev–Trinajstić information content (AvgIpc) is 2.47. The zero-order chi connectivity index (χ0) is 10.1. The molecular weight excluding hydrogens is 246 g/mol. The van der Waals surface area contributed by atoms with Crippen molar-refractivity contribution < 1.29 is 5.11 Å². The highest BCUT2D eigenvalue weighted by atomic mass is 79.9. The molecule has 0 amide bonds. The van der Waals surface area contributed by atoms with Crippen molar-refractivity contribution in [1.82, 2.24) is 14.5 Å². The number of halogens is 1. The van der Waals surface area contributed by atoms with Crippen LogP contribution < -0.4 is 0 Å². The fourth-order valence-corrected chi connectivity index (χ4v) is 1.43. The van der Waals surface area contributed by atoms with Crippen LogP contribution in [0.15, 0.2) is 29.0 Å². The third kappa shape index (κ3) is 1.63. The van der Waals surface area contributed by atoms with Crippen molar-refractivity contribution in [3.63, 3.8) is 0 Å². The first kappa shape index (κ1) is 9.21. The largest absolute Gasteiger partial charge is 0.492 e. The second-order valence-electron chi connectivity index (χ2n) is 2.90. The molecule has 0 aliphatic heterocycles. The molecule has 14 heavy (non-hydrogen) atoms. The van der Waals surface area contributed by atoms with E-state index in [0.29, 0.717) is 5.82 Å². The van der Waals surface area contributed by atoms with Crippen molar-refractivity contribution >= 4 is 15.9 Å². The molecule has 0 saturated heterocycles. The van der Waals surface area contributed by atoms with Gasteiger partial charge in [-0.1, -0.05) is 0 Å². The van der Waals surface area contributed by atoms with E-state index in [0.717, 1.165) is 10.2 Å². The van der Waals surface area contributed by atoms with Crippen LogP contribution in [0.1, 0.15) is 0 Å². The molecule has 0 atom stereocenters. The summed E-state index contributed by atoms with van der Waals surface area (Å²) < 4.78 is 2.64. The number of aromatic hydroxyl groups is 1. The van der Waals surface area contributed by atoms with E-state index < -0.39 is 0 Å². The number of imidazole rings is 1. The molecule has 2 aromatic rings. The Hall–Kier alpha value is -1.36. The average molecular weight is 254 g/mol. The Morgan fingerprint density at radius 1 is 1.43 bits per heavy atom. The number of hydrogen-bond acceptors (Lipinski definition) is 3. The molecular formula is C9H8BrN3O. The predicted octanol–water partition coefficient (Wildman–Crippen LogP) is 1.95. The molecule has 0 saturated carbocycles. The zero-order valence-corrected chi connectivity index (χ0v) is 9.06. The Balaban J connectivity index is 2.49.